The molecule has 7 rings (SSSR count). The minimum absolute atomic E-state index is 0.100. The van der Waals surface area contributed by atoms with Gasteiger partial charge in [0.25, 0.3) is 0 Å². The van der Waals surface area contributed by atoms with Crippen molar-refractivity contribution >= 4 is 48.5 Å². The third-order valence-corrected chi connectivity index (χ3v) is 12.3. The van der Waals surface area contributed by atoms with Gasteiger partial charge in [-0.2, -0.15) is 4.98 Å². The van der Waals surface area contributed by atoms with Gasteiger partial charge in [0.05, 0.1) is 30.5 Å². The standard InChI is InChI=1S/C36H44ClN5O6SSi/c1-22-13-14-42(35(22)44)49-38-18-23-5-7-24(8-6-23)25-9-11-26(12-10-25)31-27(37)17-28-34(40-31)41(21-45-15-16-50(2,3)4)36(39-28)48-30-20-47-32-29(43)19-46-33(30)32/h5-12,17,22,29-30,32-33,43,49H,13-16,18-21H2,1-4H3/t22?,29-,30-,32-,33-/m1/s1. The van der Waals surface area contributed by atoms with E-state index in [-0.39, 0.29) is 37.9 Å². The van der Waals surface area contributed by atoms with Crippen LogP contribution in [0.25, 0.3) is 33.5 Å². The highest BCUT2D eigenvalue weighted by Crippen LogP contribution is 2.35. The number of amides is 1. The van der Waals surface area contributed by atoms with E-state index in [1.165, 1.54) is 0 Å². The number of carbonyl (C=O) groups excluding carboxylic acids is 1. The molecule has 266 valence electrons. The molecule has 0 aliphatic carbocycles. The summed E-state index contributed by atoms with van der Waals surface area (Å²) in [6.45, 7) is 11.6. The minimum Gasteiger partial charge on any atom is -0.456 e. The van der Waals surface area contributed by atoms with Gasteiger partial charge in [-0.15, -0.1) is 0 Å². The Kier molecular flexibility index (Phi) is 10.4. The first-order chi connectivity index (χ1) is 24.0. The van der Waals surface area contributed by atoms with E-state index in [0.717, 1.165) is 53.0 Å². The van der Waals surface area contributed by atoms with E-state index < -0.39 is 26.4 Å². The second-order valence-corrected chi connectivity index (χ2v) is 21.4. The predicted octanol–water partition coefficient (Wildman–Crippen LogP) is 5.92. The number of halogens is 1. The maximum atomic E-state index is 12.1. The van der Waals surface area contributed by atoms with Gasteiger partial charge in [0.15, 0.2) is 11.8 Å². The van der Waals surface area contributed by atoms with Crippen molar-refractivity contribution in [2.24, 2.45) is 10.3 Å². The maximum Gasteiger partial charge on any atom is 0.301 e. The molecule has 3 fully saturated rings. The molecule has 3 aliphatic rings. The average Bonchev–Trinajstić information content (AvgIpc) is 3.84. The Labute approximate surface area is 302 Å². The van der Waals surface area contributed by atoms with Crippen LogP contribution in [0.3, 0.4) is 0 Å². The van der Waals surface area contributed by atoms with Crippen LogP contribution < -0.4 is 4.74 Å². The fourth-order valence-corrected chi connectivity index (χ4v) is 8.21. The van der Waals surface area contributed by atoms with E-state index in [2.05, 4.69) is 60.4 Å². The molecular formula is C36H44ClN5O6SSi. The zero-order valence-corrected chi connectivity index (χ0v) is 31.4. The molecule has 2 aromatic carbocycles. The van der Waals surface area contributed by atoms with Gasteiger partial charge in [0, 0.05) is 32.7 Å². The highest BCUT2D eigenvalue weighted by Gasteiger charge is 2.49. The van der Waals surface area contributed by atoms with Gasteiger partial charge < -0.3 is 24.1 Å². The lowest BCUT2D eigenvalue weighted by atomic mass is 10.0. The van der Waals surface area contributed by atoms with Gasteiger partial charge in [0.1, 0.15) is 30.6 Å². The summed E-state index contributed by atoms with van der Waals surface area (Å²) >= 11 is 7.55. The van der Waals surface area contributed by atoms with Crippen molar-refractivity contribution in [2.45, 2.75) is 76.7 Å². The summed E-state index contributed by atoms with van der Waals surface area (Å²) in [5.41, 5.74) is 5.95. The van der Waals surface area contributed by atoms with Crippen LogP contribution in [0.1, 0.15) is 18.9 Å². The molecule has 1 N–H and O–H groups in total. The molecule has 11 nitrogen and oxygen atoms in total. The number of imidazole rings is 1. The summed E-state index contributed by atoms with van der Waals surface area (Å²) in [7, 11) is -1.29. The van der Waals surface area contributed by atoms with Crippen LogP contribution in [0.4, 0.5) is 0 Å². The Balaban J connectivity index is 1.09. The number of ether oxygens (including phenoxy) is 4. The second-order valence-electron chi connectivity index (χ2n) is 14.5. The first kappa shape index (κ1) is 35.2. The maximum absolute atomic E-state index is 12.1. The fraction of sp³-hybridized carbons (Fsp3) is 0.472. The van der Waals surface area contributed by atoms with Gasteiger partial charge in [-0.1, -0.05) is 86.7 Å². The molecule has 14 heteroatoms. The molecule has 50 heavy (non-hydrogen) atoms. The Morgan fingerprint density at radius 3 is 2.42 bits per heavy atom. The average molecular weight is 738 g/mol. The van der Waals surface area contributed by atoms with Crippen LogP contribution in [0, 0.1) is 5.92 Å². The first-order valence-electron chi connectivity index (χ1n) is 17.1. The zero-order chi connectivity index (χ0) is 35.0. The number of benzene rings is 2. The molecule has 3 aliphatic heterocycles. The van der Waals surface area contributed by atoms with Crippen LogP contribution in [-0.2, 0) is 44.0 Å². The van der Waals surface area contributed by atoms with Crippen molar-refractivity contribution in [3.63, 3.8) is 0 Å². The van der Waals surface area contributed by atoms with E-state index in [1.807, 2.05) is 29.7 Å². The molecule has 5 atom stereocenters. The smallest absolute Gasteiger partial charge is 0.301 e. The number of aliphatic hydroxyl groups excluding tert-OH is 1. The number of aliphatic hydroxyl groups is 1. The SMILES string of the molecule is CC1CCN([SH]=NCc2ccc(-c3ccc(-c4nc5c(cc4Cl)nc(O[C@@H]4CO[C@H]6[C@@H]4OC[C@H]6O)n5COCC[Si](C)(C)C)cc3)cc2)C1=O. The van der Waals surface area contributed by atoms with E-state index >= 15 is 0 Å². The molecule has 5 heterocycles. The van der Waals surface area contributed by atoms with Gasteiger partial charge in [-0.3, -0.25) is 13.7 Å². The Morgan fingerprint density at radius 2 is 1.72 bits per heavy atom. The lowest BCUT2D eigenvalue weighted by molar-refractivity contribution is -0.126. The monoisotopic (exact) mass is 737 g/mol. The summed E-state index contributed by atoms with van der Waals surface area (Å²) in [5.74, 6) is 0.287. The van der Waals surface area contributed by atoms with E-state index in [4.69, 9.17) is 40.5 Å². The van der Waals surface area contributed by atoms with Crippen molar-refractivity contribution < 1.29 is 28.8 Å². The number of aromatic nitrogens is 3. The van der Waals surface area contributed by atoms with Crippen LogP contribution in [0.5, 0.6) is 6.01 Å². The van der Waals surface area contributed by atoms with Gasteiger partial charge in [-0.25, -0.2) is 9.35 Å². The third kappa shape index (κ3) is 7.69. The lowest BCUT2D eigenvalue weighted by Crippen LogP contribution is -2.35. The predicted molar refractivity (Wildman–Crippen MR) is 198 cm³/mol. The van der Waals surface area contributed by atoms with Crippen molar-refractivity contribution in [1.29, 1.82) is 0 Å². The van der Waals surface area contributed by atoms with Crippen LogP contribution in [0.15, 0.2) is 59.0 Å². The zero-order valence-electron chi connectivity index (χ0n) is 28.8. The molecule has 2 aromatic heterocycles. The normalized spacial score (nSPS) is 24.0. The fourth-order valence-electron chi connectivity index (χ4n) is 6.33. The van der Waals surface area contributed by atoms with E-state index in [0.29, 0.717) is 41.0 Å². The van der Waals surface area contributed by atoms with Gasteiger partial charge in [0.2, 0.25) is 5.91 Å². The third-order valence-electron chi connectivity index (χ3n) is 9.41. The Hall–Kier alpha value is -3.17. The number of fused-ring (bicyclic) bond motifs is 2. The molecule has 1 unspecified atom stereocenters. The first-order valence-corrected chi connectivity index (χ1v) is 22.0. The highest BCUT2D eigenvalue weighted by atomic mass is 35.5. The number of nitrogens with zero attached hydrogens (tertiary/aromatic N) is 5. The number of hydrogen-bond acceptors (Lipinski definition) is 9. The summed E-state index contributed by atoms with van der Waals surface area (Å²) in [5, 5.41) is 10.7. The number of carbonyl (C=O) groups is 1. The number of thiol groups is 1. The summed E-state index contributed by atoms with van der Waals surface area (Å²) < 4.78 is 32.3. The largest absolute Gasteiger partial charge is 0.456 e. The number of rotatable bonds is 12. The number of pyridine rings is 1. The van der Waals surface area contributed by atoms with Gasteiger partial charge in [-0.05, 0) is 47.0 Å². The summed E-state index contributed by atoms with van der Waals surface area (Å²) in [6, 6.07) is 19.7. The van der Waals surface area contributed by atoms with Crippen LogP contribution in [0.2, 0.25) is 30.7 Å². The van der Waals surface area contributed by atoms with Crippen molar-refractivity contribution in [3.05, 3.63) is 65.2 Å². The number of hydrogen-bond donors (Lipinski definition) is 2. The topological polar surface area (TPSA) is 121 Å². The molecule has 0 bridgehead atoms. The molecule has 0 radical (unpaired) electrons. The Bertz CT molecular complexity index is 1870. The van der Waals surface area contributed by atoms with Crippen molar-refractivity contribution in [1.82, 2.24) is 18.8 Å². The summed E-state index contributed by atoms with van der Waals surface area (Å²) in [6.07, 6.45) is -0.985. The Morgan fingerprint density at radius 1 is 1.02 bits per heavy atom. The van der Waals surface area contributed by atoms with Gasteiger partial charge >= 0.3 is 6.01 Å². The highest BCUT2D eigenvalue weighted by molar-refractivity contribution is 7.66. The summed E-state index contributed by atoms with van der Waals surface area (Å²) in [4.78, 5) is 21.9. The second kappa shape index (κ2) is 14.8. The molecule has 0 spiro atoms. The molecule has 0 saturated carbocycles. The van der Waals surface area contributed by atoms with E-state index in [1.54, 1.807) is 4.31 Å². The van der Waals surface area contributed by atoms with Crippen LogP contribution in [-0.4, -0.2) is 88.7 Å². The quantitative estimate of drug-likeness (QED) is 0.105. The molecule has 3 saturated heterocycles. The molecule has 4 aromatic rings. The molecule has 1 amide bonds. The molecular weight excluding hydrogens is 694 g/mol. The van der Waals surface area contributed by atoms with Crippen molar-refractivity contribution in [2.75, 3.05) is 26.4 Å². The minimum atomic E-state index is -1.29. The van der Waals surface area contributed by atoms with E-state index in [9.17, 15) is 9.90 Å². The van der Waals surface area contributed by atoms with Crippen LogP contribution >= 0.6 is 11.6 Å². The lowest BCUT2D eigenvalue weighted by Gasteiger charge is -2.19. The van der Waals surface area contributed by atoms with Crippen molar-refractivity contribution in [3.8, 4) is 28.4 Å².